The van der Waals surface area contributed by atoms with Crippen LogP contribution in [0.1, 0.15) is 17.3 Å². The predicted molar refractivity (Wildman–Crippen MR) is 69.4 cm³/mol. The molecule has 0 saturated carbocycles. The van der Waals surface area contributed by atoms with Crippen LogP contribution in [0.25, 0.3) is 11.3 Å². The van der Waals surface area contributed by atoms with Crippen LogP contribution in [-0.2, 0) is 4.74 Å². The molecule has 6 heteroatoms. The van der Waals surface area contributed by atoms with Crippen molar-refractivity contribution in [2.75, 3.05) is 12.3 Å². The molecular formula is C12H12ClN3O2. The van der Waals surface area contributed by atoms with E-state index in [0.717, 1.165) is 5.56 Å². The Hall–Kier alpha value is -2.01. The molecule has 0 fully saturated rings. The van der Waals surface area contributed by atoms with Crippen molar-refractivity contribution < 1.29 is 9.53 Å². The van der Waals surface area contributed by atoms with E-state index < -0.39 is 5.97 Å². The van der Waals surface area contributed by atoms with E-state index in [1.807, 2.05) is 6.07 Å². The number of nitrogen functional groups attached to an aromatic ring is 1. The summed E-state index contributed by atoms with van der Waals surface area (Å²) < 4.78 is 4.95. The Balaban J connectivity index is 2.49. The molecule has 2 rings (SSSR count). The Morgan fingerprint density at radius 2 is 2.33 bits per heavy atom. The van der Waals surface area contributed by atoms with E-state index in [1.54, 1.807) is 25.1 Å². The second-order valence-corrected chi connectivity index (χ2v) is 4.03. The van der Waals surface area contributed by atoms with E-state index >= 15 is 0 Å². The van der Waals surface area contributed by atoms with Gasteiger partial charge in [-0.15, -0.1) is 0 Å². The molecule has 1 aromatic carbocycles. The van der Waals surface area contributed by atoms with Gasteiger partial charge in [0.05, 0.1) is 12.3 Å². The van der Waals surface area contributed by atoms with Gasteiger partial charge in [0.2, 0.25) is 0 Å². The van der Waals surface area contributed by atoms with Crippen LogP contribution in [0.3, 0.4) is 0 Å². The van der Waals surface area contributed by atoms with Gasteiger partial charge in [-0.05, 0) is 19.1 Å². The molecule has 94 valence electrons. The van der Waals surface area contributed by atoms with Crippen molar-refractivity contribution >= 4 is 23.4 Å². The molecule has 0 saturated heterocycles. The second kappa shape index (κ2) is 5.10. The van der Waals surface area contributed by atoms with Crippen molar-refractivity contribution in [2.24, 2.45) is 0 Å². The van der Waals surface area contributed by atoms with Crippen molar-refractivity contribution in [1.82, 2.24) is 10.2 Å². The first kappa shape index (κ1) is 12.4. The van der Waals surface area contributed by atoms with E-state index in [-0.39, 0.29) is 18.0 Å². The van der Waals surface area contributed by atoms with Gasteiger partial charge in [0, 0.05) is 10.6 Å². The van der Waals surface area contributed by atoms with Gasteiger partial charge >= 0.3 is 5.97 Å². The first-order valence-electron chi connectivity index (χ1n) is 5.40. The van der Waals surface area contributed by atoms with Gasteiger partial charge in [0.15, 0.2) is 5.82 Å². The van der Waals surface area contributed by atoms with Gasteiger partial charge in [-0.1, -0.05) is 23.7 Å². The number of hydrogen-bond donors (Lipinski definition) is 2. The quantitative estimate of drug-likeness (QED) is 0.836. The lowest BCUT2D eigenvalue weighted by atomic mass is 10.1. The highest BCUT2D eigenvalue weighted by molar-refractivity contribution is 6.30. The lowest BCUT2D eigenvalue weighted by molar-refractivity contribution is 0.0528. The Morgan fingerprint density at radius 3 is 3.00 bits per heavy atom. The SMILES string of the molecule is CCOC(=O)c1c(N)n[nH]c1-c1cccc(Cl)c1. The Bertz CT molecular complexity index is 580. The average Bonchev–Trinajstić information content (AvgIpc) is 2.71. The summed E-state index contributed by atoms with van der Waals surface area (Å²) in [5, 5.41) is 7.12. The molecule has 0 aliphatic heterocycles. The van der Waals surface area contributed by atoms with Gasteiger partial charge in [-0.2, -0.15) is 5.10 Å². The summed E-state index contributed by atoms with van der Waals surface area (Å²) >= 11 is 5.91. The van der Waals surface area contributed by atoms with Gasteiger partial charge in [0.25, 0.3) is 0 Å². The van der Waals surface area contributed by atoms with Gasteiger partial charge in [-0.25, -0.2) is 4.79 Å². The number of aromatic amines is 1. The fourth-order valence-corrected chi connectivity index (χ4v) is 1.81. The number of aromatic nitrogens is 2. The summed E-state index contributed by atoms with van der Waals surface area (Å²) in [5.41, 5.74) is 7.15. The van der Waals surface area contributed by atoms with E-state index in [1.165, 1.54) is 0 Å². The lowest BCUT2D eigenvalue weighted by Gasteiger charge is -2.04. The third-order valence-electron chi connectivity index (χ3n) is 2.39. The number of rotatable bonds is 3. The van der Waals surface area contributed by atoms with Crippen molar-refractivity contribution in [3.63, 3.8) is 0 Å². The summed E-state index contributed by atoms with van der Waals surface area (Å²) in [6.07, 6.45) is 0. The molecule has 2 aromatic rings. The van der Waals surface area contributed by atoms with Crippen LogP contribution in [0.15, 0.2) is 24.3 Å². The molecule has 0 spiro atoms. The zero-order valence-electron chi connectivity index (χ0n) is 9.74. The number of halogens is 1. The van der Waals surface area contributed by atoms with E-state index in [0.29, 0.717) is 10.7 Å². The van der Waals surface area contributed by atoms with Crippen molar-refractivity contribution in [1.29, 1.82) is 0 Å². The van der Waals surface area contributed by atoms with Crippen molar-refractivity contribution in [2.45, 2.75) is 6.92 Å². The molecule has 0 atom stereocenters. The van der Waals surface area contributed by atoms with Crippen LogP contribution in [0.4, 0.5) is 5.82 Å². The Labute approximate surface area is 109 Å². The van der Waals surface area contributed by atoms with Crippen LogP contribution in [0, 0.1) is 0 Å². The number of ether oxygens (including phenoxy) is 1. The molecule has 0 amide bonds. The number of nitrogens with two attached hydrogens (primary N) is 1. The topological polar surface area (TPSA) is 81.0 Å². The highest BCUT2D eigenvalue weighted by atomic mass is 35.5. The molecule has 0 aliphatic rings. The fraction of sp³-hybridized carbons (Fsp3) is 0.167. The van der Waals surface area contributed by atoms with Crippen LogP contribution >= 0.6 is 11.6 Å². The highest BCUT2D eigenvalue weighted by Gasteiger charge is 2.21. The number of anilines is 1. The summed E-state index contributed by atoms with van der Waals surface area (Å²) in [6, 6.07) is 7.05. The average molecular weight is 266 g/mol. The lowest BCUT2D eigenvalue weighted by Crippen LogP contribution is -2.07. The zero-order valence-corrected chi connectivity index (χ0v) is 10.5. The largest absolute Gasteiger partial charge is 0.462 e. The van der Waals surface area contributed by atoms with E-state index in [9.17, 15) is 4.79 Å². The minimum Gasteiger partial charge on any atom is -0.462 e. The second-order valence-electron chi connectivity index (χ2n) is 3.59. The summed E-state index contributed by atoms with van der Waals surface area (Å²) in [4.78, 5) is 11.8. The molecule has 0 radical (unpaired) electrons. The number of carbonyl (C=O) groups excluding carboxylic acids is 1. The minimum atomic E-state index is -0.501. The number of carbonyl (C=O) groups is 1. The maximum atomic E-state index is 11.8. The molecule has 1 heterocycles. The maximum absolute atomic E-state index is 11.8. The Morgan fingerprint density at radius 1 is 1.56 bits per heavy atom. The molecule has 5 nitrogen and oxygen atoms in total. The smallest absolute Gasteiger partial charge is 0.344 e. The monoisotopic (exact) mass is 265 g/mol. The standard InChI is InChI=1S/C12H12ClN3O2/c1-2-18-12(17)9-10(15-16-11(9)14)7-4-3-5-8(13)6-7/h3-6H,2H2,1H3,(H3,14,15,16). The maximum Gasteiger partial charge on any atom is 0.344 e. The van der Waals surface area contributed by atoms with Crippen molar-refractivity contribution in [3.8, 4) is 11.3 Å². The number of nitrogens with zero attached hydrogens (tertiary/aromatic N) is 1. The van der Waals surface area contributed by atoms with Crippen LogP contribution in [0.2, 0.25) is 5.02 Å². The molecule has 0 bridgehead atoms. The van der Waals surface area contributed by atoms with Gasteiger partial charge in [0.1, 0.15) is 5.56 Å². The summed E-state index contributed by atoms with van der Waals surface area (Å²) in [5.74, 6) is -0.387. The van der Waals surface area contributed by atoms with Gasteiger partial charge in [-0.3, -0.25) is 5.10 Å². The Kier molecular flexibility index (Phi) is 3.53. The number of H-pyrrole nitrogens is 1. The van der Waals surface area contributed by atoms with Crippen molar-refractivity contribution in [3.05, 3.63) is 34.9 Å². The third-order valence-corrected chi connectivity index (χ3v) is 2.62. The molecule has 0 unspecified atom stereocenters. The van der Waals surface area contributed by atoms with Crippen LogP contribution in [0.5, 0.6) is 0 Å². The molecule has 18 heavy (non-hydrogen) atoms. The molecule has 1 aromatic heterocycles. The van der Waals surface area contributed by atoms with E-state index in [2.05, 4.69) is 10.2 Å². The molecule has 3 N–H and O–H groups in total. The first-order valence-corrected chi connectivity index (χ1v) is 5.78. The summed E-state index contributed by atoms with van der Waals surface area (Å²) in [6.45, 7) is 2.01. The van der Waals surface area contributed by atoms with E-state index in [4.69, 9.17) is 22.1 Å². The zero-order chi connectivity index (χ0) is 13.1. The predicted octanol–water partition coefficient (Wildman–Crippen LogP) is 2.49. The highest BCUT2D eigenvalue weighted by Crippen LogP contribution is 2.27. The van der Waals surface area contributed by atoms with Crippen LogP contribution < -0.4 is 5.73 Å². The molecular weight excluding hydrogens is 254 g/mol. The number of nitrogens with one attached hydrogen (secondary N) is 1. The number of esters is 1. The normalized spacial score (nSPS) is 10.3. The summed E-state index contributed by atoms with van der Waals surface area (Å²) in [7, 11) is 0. The molecule has 0 aliphatic carbocycles. The third kappa shape index (κ3) is 2.31. The number of hydrogen-bond acceptors (Lipinski definition) is 4. The minimum absolute atomic E-state index is 0.114. The fourth-order valence-electron chi connectivity index (χ4n) is 1.62. The van der Waals surface area contributed by atoms with Crippen LogP contribution in [-0.4, -0.2) is 22.8 Å². The number of benzene rings is 1. The first-order chi connectivity index (χ1) is 8.63. The van der Waals surface area contributed by atoms with Gasteiger partial charge < -0.3 is 10.5 Å².